The minimum absolute atomic E-state index is 0.105. The van der Waals surface area contributed by atoms with Gasteiger partial charge in [0, 0.05) is 5.70 Å². The summed E-state index contributed by atoms with van der Waals surface area (Å²) in [5.74, 6) is -1.60. The second-order valence-electron chi connectivity index (χ2n) is 6.47. The predicted octanol–water partition coefficient (Wildman–Crippen LogP) is 3.41. The van der Waals surface area contributed by atoms with Crippen molar-refractivity contribution in [1.29, 1.82) is 0 Å². The predicted molar refractivity (Wildman–Crippen MR) is 103 cm³/mol. The van der Waals surface area contributed by atoms with Crippen LogP contribution < -0.4 is 10.2 Å². The maximum absolute atomic E-state index is 12.8. The van der Waals surface area contributed by atoms with Crippen LogP contribution in [0.15, 0.2) is 59.8 Å². The van der Waals surface area contributed by atoms with Crippen LogP contribution in [0.1, 0.15) is 34.5 Å². The van der Waals surface area contributed by atoms with E-state index in [0.29, 0.717) is 17.0 Å². The molecule has 1 unspecified atom stereocenters. The fourth-order valence-electron chi connectivity index (χ4n) is 3.19. The molecule has 3 rings (SSSR count). The van der Waals surface area contributed by atoms with Gasteiger partial charge in [-0.25, -0.2) is 14.4 Å². The summed E-state index contributed by atoms with van der Waals surface area (Å²) < 4.78 is 4.95. The first-order valence-corrected chi connectivity index (χ1v) is 8.63. The molecule has 0 aliphatic carbocycles. The normalized spacial score (nSPS) is 16.6. The molecule has 0 radical (unpaired) electrons. The number of aromatic carboxylic acids is 1. The van der Waals surface area contributed by atoms with Crippen LogP contribution in [0.5, 0.6) is 0 Å². The molecule has 1 aliphatic rings. The molecule has 0 bridgehead atoms. The van der Waals surface area contributed by atoms with Crippen LogP contribution in [0.4, 0.5) is 10.5 Å². The highest BCUT2D eigenvalue weighted by atomic mass is 16.5. The summed E-state index contributed by atoms with van der Waals surface area (Å²) in [6.07, 6.45) is 0. The number of nitrogens with zero attached hydrogens (tertiary/aromatic N) is 1. The van der Waals surface area contributed by atoms with E-state index in [1.54, 1.807) is 6.92 Å². The Morgan fingerprint density at radius 2 is 1.64 bits per heavy atom. The summed E-state index contributed by atoms with van der Waals surface area (Å²) in [5, 5.41) is 11.9. The average molecular weight is 380 g/mol. The Kier molecular flexibility index (Phi) is 5.17. The van der Waals surface area contributed by atoms with Gasteiger partial charge in [-0.1, -0.05) is 29.8 Å². The molecular formula is C21H20N2O5. The van der Waals surface area contributed by atoms with E-state index in [0.717, 1.165) is 11.1 Å². The number of carboxylic acids is 1. The highest BCUT2D eigenvalue weighted by Crippen LogP contribution is 2.34. The third-order valence-electron chi connectivity index (χ3n) is 4.67. The van der Waals surface area contributed by atoms with Gasteiger partial charge in [-0.15, -0.1) is 0 Å². The summed E-state index contributed by atoms with van der Waals surface area (Å²) in [5.41, 5.74) is 3.11. The van der Waals surface area contributed by atoms with Crippen LogP contribution >= 0.6 is 0 Å². The second-order valence-corrected chi connectivity index (χ2v) is 6.47. The van der Waals surface area contributed by atoms with Gasteiger partial charge in [0.25, 0.3) is 0 Å². The molecule has 7 heteroatoms. The van der Waals surface area contributed by atoms with Crippen molar-refractivity contribution >= 4 is 23.7 Å². The molecule has 0 saturated heterocycles. The van der Waals surface area contributed by atoms with E-state index < -0.39 is 24.0 Å². The lowest BCUT2D eigenvalue weighted by Gasteiger charge is -2.35. The molecule has 144 valence electrons. The lowest BCUT2D eigenvalue weighted by molar-refractivity contribution is -0.136. The Morgan fingerprint density at radius 3 is 2.18 bits per heavy atom. The number of anilines is 1. The van der Waals surface area contributed by atoms with Crippen molar-refractivity contribution in [3.63, 3.8) is 0 Å². The third kappa shape index (κ3) is 3.46. The van der Waals surface area contributed by atoms with Crippen molar-refractivity contribution in [1.82, 2.24) is 5.32 Å². The van der Waals surface area contributed by atoms with Gasteiger partial charge in [0.2, 0.25) is 0 Å². The van der Waals surface area contributed by atoms with E-state index in [9.17, 15) is 14.4 Å². The summed E-state index contributed by atoms with van der Waals surface area (Å²) >= 11 is 0. The number of methoxy groups -OCH3 is 1. The summed E-state index contributed by atoms with van der Waals surface area (Å²) in [6.45, 7) is 3.62. The highest BCUT2D eigenvalue weighted by molar-refractivity contribution is 6.03. The van der Waals surface area contributed by atoms with Crippen LogP contribution in [0, 0.1) is 6.92 Å². The average Bonchev–Trinajstić information content (AvgIpc) is 2.68. The zero-order chi connectivity index (χ0) is 20.4. The number of nitrogens with one attached hydrogen (secondary N) is 1. The number of carbonyl (C=O) groups is 3. The Morgan fingerprint density at radius 1 is 1.04 bits per heavy atom. The minimum Gasteiger partial charge on any atom is -0.478 e. The minimum atomic E-state index is -1.06. The monoisotopic (exact) mass is 380 g/mol. The fraction of sp³-hybridized carbons (Fsp3) is 0.190. The smallest absolute Gasteiger partial charge is 0.337 e. The van der Waals surface area contributed by atoms with Crippen molar-refractivity contribution in [2.45, 2.75) is 19.9 Å². The Hall–Kier alpha value is -3.61. The number of allylic oxidation sites excluding steroid dienone is 1. The molecule has 2 aromatic carbocycles. The van der Waals surface area contributed by atoms with Gasteiger partial charge in [0.15, 0.2) is 0 Å². The van der Waals surface area contributed by atoms with Crippen molar-refractivity contribution in [3.05, 3.63) is 76.5 Å². The van der Waals surface area contributed by atoms with Gasteiger partial charge in [-0.2, -0.15) is 0 Å². The Balaban J connectivity index is 2.09. The molecular weight excluding hydrogens is 360 g/mol. The number of carbonyl (C=O) groups excluding carboxylic acids is 2. The summed E-state index contributed by atoms with van der Waals surface area (Å²) in [7, 11) is 1.29. The molecule has 0 fully saturated rings. The molecule has 0 saturated carbocycles. The van der Waals surface area contributed by atoms with E-state index in [-0.39, 0.29) is 5.56 Å². The van der Waals surface area contributed by atoms with Crippen LogP contribution in [-0.4, -0.2) is 30.2 Å². The van der Waals surface area contributed by atoms with Gasteiger partial charge in [0.1, 0.15) is 0 Å². The highest BCUT2D eigenvalue weighted by Gasteiger charge is 2.36. The molecule has 1 heterocycles. The van der Waals surface area contributed by atoms with E-state index in [1.165, 1.54) is 36.3 Å². The van der Waals surface area contributed by atoms with Crippen LogP contribution in [0.25, 0.3) is 0 Å². The number of urea groups is 1. The largest absolute Gasteiger partial charge is 0.478 e. The number of hydrogen-bond donors (Lipinski definition) is 2. The molecule has 2 amide bonds. The maximum atomic E-state index is 12.8. The fourth-order valence-corrected chi connectivity index (χ4v) is 3.19. The Bertz CT molecular complexity index is 961. The van der Waals surface area contributed by atoms with Gasteiger partial charge in [0.05, 0.1) is 30.0 Å². The number of hydrogen-bond acceptors (Lipinski definition) is 4. The van der Waals surface area contributed by atoms with Gasteiger partial charge in [-0.3, -0.25) is 4.90 Å². The zero-order valence-corrected chi connectivity index (χ0v) is 15.7. The molecule has 7 nitrogen and oxygen atoms in total. The summed E-state index contributed by atoms with van der Waals surface area (Å²) in [6, 6.07) is 12.3. The number of carboxylic acid groups (broad SMARTS) is 1. The molecule has 0 spiro atoms. The summed E-state index contributed by atoms with van der Waals surface area (Å²) in [4.78, 5) is 37.8. The van der Waals surface area contributed by atoms with Gasteiger partial charge >= 0.3 is 18.0 Å². The van der Waals surface area contributed by atoms with Crippen LogP contribution in [0.3, 0.4) is 0 Å². The number of amides is 2. The first kappa shape index (κ1) is 19.2. The van der Waals surface area contributed by atoms with Gasteiger partial charge in [-0.05, 0) is 43.7 Å². The number of rotatable bonds is 4. The molecule has 2 N–H and O–H groups in total. The number of esters is 1. The molecule has 28 heavy (non-hydrogen) atoms. The van der Waals surface area contributed by atoms with Crippen LogP contribution in [0.2, 0.25) is 0 Å². The first-order valence-electron chi connectivity index (χ1n) is 8.63. The van der Waals surface area contributed by atoms with E-state index in [4.69, 9.17) is 9.84 Å². The molecule has 1 atom stereocenters. The zero-order valence-electron chi connectivity index (χ0n) is 15.7. The third-order valence-corrected chi connectivity index (χ3v) is 4.67. The lowest BCUT2D eigenvalue weighted by atomic mass is 9.94. The second kappa shape index (κ2) is 7.56. The van der Waals surface area contributed by atoms with Crippen molar-refractivity contribution in [2.75, 3.05) is 12.0 Å². The van der Waals surface area contributed by atoms with E-state index in [1.807, 2.05) is 31.2 Å². The quantitative estimate of drug-likeness (QED) is 0.793. The van der Waals surface area contributed by atoms with E-state index >= 15 is 0 Å². The van der Waals surface area contributed by atoms with Crippen molar-refractivity contribution in [2.24, 2.45) is 0 Å². The number of benzene rings is 2. The molecule has 1 aliphatic heterocycles. The lowest BCUT2D eigenvalue weighted by Crippen LogP contribution is -2.48. The standard InChI is InChI=1S/C21H20N2O5/c1-12-4-6-14(7-5-12)18-17(20(26)28-3)13(2)23(21(27)22-18)16-10-8-15(9-11-16)19(24)25/h4-11,18H,1-3H3,(H,22,27)(H,24,25). The maximum Gasteiger partial charge on any atom is 0.337 e. The van der Waals surface area contributed by atoms with Crippen LogP contribution in [-0.2, 0) is 9.53 Å². The first-order chi connectivity index (χ1) is 13.3. The topological polar surface area (TPSA) is 95.9 Å². The van der Waals surface area contributed by atoms with E-state index in [2.05, 4.69) is 5.32 Å². The SMILES string of the molecule is COC(=O)C1=C(C)N(c2ccc(C(=O)O)cc2)C(=O)NC1c1ccc(C)cc1. The number of ether oxygens (including phenoxy) is 1. The number of aryl methyl sites for hydroxylation is 1. The van der Waals surface area contributed by atoms with Crippen molar-refractivity contribution in [3.8, 4) is 0 Å². The molecule has 0 aromatic heterocycles. The molecule has 2 aromatic rings. The van der Waals surface area contributed by atoms with Gasteiger partial charge < -0.3 is 15.2 Å². The van der Waals surface area contributed by atoms with Crippen molar-refractivity contribution < 1.29 is 24.2 Å². The Labute approximate surface area is 162 Å².